The molecule has 2 nitrogen and oxygen atoms in total. The van der Waals surface area contributed by atoms with E-state index in [0.717, 1.165) is 0 Å². The smallest absolute Gasteiger partial charge is 0.291 e. The van der Waals surface area contributed by atoms with Crippen molar-refractivity contribution in [2.24, 2.45) is 0 Å². The van der Waals surface area contributed by atoms with Gasteiger partial charge in [-0.3, -0.25) is 0 Å². The summed E-state index contributed by atoms with van der Waals surface area (Å²) in [4.78, 5) is 4.99. The molecule has 0 aromatic heterocycles. The van der Waals surface area contributed by atoms with Crippen molar-refractivity contribution in [2.75, 3.05) is 26.2 Å². The third-order valence-electron chi connectivity index (χ3n) is 2.24. The highest BCUT2D eigenvalue weighted by atomic mass is 15.2. The van der Waals surface area contributed by atoms with Crippen LogP contribution >= 0.6 is 0 Å². The summed E-state index contributed by atoms with van der Waals surface area (Å²) in [5.41, 5.74) is 0. The minimum Gasteiger partial charge on any atom is -0.331 e. The zero-order chi connectivity index (χ0) is 7.40. The molecule has 1 fully saturated rings. The molecule has 58 valence electrons. The molecule has 0 aromatic rings. The Balaban J connectivity index is 2.25. The van der Waals surface area contributed by atoms with E-state index in [1.165, 1.54) is 40.1 Å². The molecule has 1 rings (SSSR count). The first-order valence-electron chi connectivity index (χ1n) is 4.31. The Labute approximate surface area is 64.5 Å². The molecule has 1 aliphatic rings. The Bertz CT molecular complexity index is 87.6. The molecule has 0 N–H and O–H groups in total. The average molecular weight is 140 g/mol. The van der Waals surface area contributed by atoms with Crippen molar-refractivity contribution in [1.29, 1.82) is 0 Å². The highest BCUT2D eigenvalue weighted by molar-refractivity contribution is 6.28. The standard InChI is InChI=1S/C7H17BN2/c1-3-9-6-5-7-10(4-2)8-9/h8H,3-7H2,1-2H3. The lowest BCUT2D eigenvalue weighted by atomic mass is 9.98. The third kappa shape index (κ3) is 1.99. The Morgan fingerprint density at radius 3 is 2.00 bits per heavy atom. The molecule has 10 heavy (non-hydrogen) atoms. The van der Waals surface area contributed by atoms with E-state index in [1.807, 2.05) is 0 Å². The average Bonchev–Trinajstić information content (AvgIpc) is 2.05. The summed E-state index contributed by atoms with van der Waals surface area (Å²) in [5.74, 6) is 0. The van der Waals surface area contributed by atoms with Crippen LogP contribution in [-0.2, 0) is 0 Å². The van der Waals surface area contributed by atoms with Crippen LogP contribution < -0.4 is 0 Å². The molecule has 0 aliphatic carbocycles. The Morgan fingerprint density at radius 2 is 1.60 bits per heavy atom. The topological polar surface area (TPSA) is 6.48 Å². The van der Waals surface area contributed by atoms with E-state index in [2.05, 4.69) is 23.5 Å². The van der Waals surface area contributed by atoms with Gasteiger partial charge in [0.15, 0.2) is 0 Å². The molecule has 0 aromatic carbocycles. The van der Waals surface area contributed by atoms with Gasteiger partial charge in [-0.15, -0.1) is 0 Å². The molecule has 0 spiro atoms. The van der Waals surface area contributed by atoms with Gasteiger partial charge in [0.25, 0.3) is 7.55 Å². The van der Waals surface area contributed by atoms with Crippen LogP contribution in [0.1, 0.15) is 20.3 Å². The lowest BCUT2D eigenvalue weighted by Crippen LogP contribution is -2.47. The second kappa shape index (κ2) is 3.99. The summed E-state index contributed by atoms with van der Waals surface area (Å²) in [5, 5.41) is 0. The first kappa shape index (κ1) is 8.09. The van der Waals surface area contributed by atoms with Gasteiger partial charge >= 0.3 is 0 Å². The van der Waals surface area contributed by atoms with E-state index in [4.69, 9.17) is 0 Å². The molecular formula is C7H17BN2. The summed E-state index contributed by atoms with van der Waals surface area (Å²) in [6, 6.07) is 0. The minimum atomic E-state index is 1.19. The predicted molar refractivity (Wildman–Crippen MR) is 46.3 cm³/mol. The Kier molecular flexibility index (Phi) is 3.22. The van der Waals surface area contributed by atoms with Crippen molar-refractivity contribution < 1.29 is 0 Å². The summed E-state index contributed by atoms with van der Waals surface area (Å²) < 4.78 is 0. The van der Waals surface area contributed by atoms with Crippen molar-refractivity contribution in [3.8, 4) is 0 Å². The monoisotopic (exact) mass is 140 g/mol. The largest absolute Gasteiger partial charge is 0.331 e. The van der Waals surface area contributed by atoms with Crippen molar-refractivity contribution in [1.82, 2.24) is 9.62 Å². The number of hydrogen-bond acceptors (Lipinski definition) is 2. The maximum Gasteiger partial charge on any atom is 0.291 e. The quantitative estimate of drug-likeness (QED) is 0.509. The highest BCUT2D eigenvalue weighted by Crippen LogP contribution is 2.01. The van der Waals surface area contributed by atoms with Crippen molar-refractivity contribution >= 4 is 7.55 Å². The maximum atomic E-state index is 2.49. The van der Waals surface area contributed by atoms with Gasteiger partial charge < -0.3 is 9.62 Å². The second-order valence-corrected chi connectivity index (χ2v) is 2.92. The lowest BCUT2D eigenvalue weighted by molar-refractivity contribution is 0.314. The molecule has 1 saturated heterocycles. The Hall–Kier alpha value is -0.0151. The normalized spacial score (nSPS) is 22.6. The number of hydrogen-bond donors (Lipinski definition) is 0. The molecule has 1 aliphatic heterocycles. The van der Waals surface area contributed by atoms with Gasteiger partial charge in [0, 0.05) is 0 Å². The fraction of sp³-hybridized carbons (Fsp3) is 1.00. The minimum absolute atomic E-state index is 1.19. The fourth-order valence-corrected chi connectivity index (χ4v) is 1.46. The Morgan fingerprint density at radius 1 is 1.10 bits per heavy atom. The van der Waals surface area contributed by atoms with E-state index in [0.29, 0.717) is 0 Å². The van der Waals surface area contributed by atoms with Crippen molar-refractivity contribution in [2.45, 2.75) is 20.3 Å². The summed E-state index contributed by atoms with van der Waals surface area (Å²) >= 11 is 0. The zero-order valence-electron chi connectivity index (χ0n) is 7.14. The molecule has 1 heterocycles. The van der Waals surface area contributed by atoms with E-state index < -0.39 is 0 Å². The molecule has 0 radical (unpaired) electrons. The SMILES string of the molecule is CCN1BN(CC)CCC1. The molecule has 0 atom stereocenters. The summed E-state index contributed by atoms with van der Waals surface area (Å²) in [6.07, 6.45) is 1.35. The van der Waals surface area contributed by atoms with Gasteiger partial charge in [0.2, 0.25) is 0 Å². The van der Waals surface area contributed by atoms with Crippen LogP contribution in [0.25, 0.3) is 0 Å². The van der Waals surface area contributed by atoms with Crippen LogP contribution in [0, 0.1) is 0 Å². The van der Waals surface area contributed by atoms with Crippen LogP contribution in [0.15, 0.2) is 0 Å². The van der Waals surface area contributed by atoms with Gasteiger partial charge in [-0.05, 0) is 32.6 Å². The number of nitrogens with zero attached hydrogens (tertiary/aromatic N) is 2. The maximum absolute atomic E-state index is 2.49. The van der Waals surface area contributed by atoms with Gasteiger partial charge in [-0.1, -0.05) is 13.8 Å². The van der Waals surface area contributed by atoms with Gasteiger partial charge in [-0.2, -0.15) is 0 Å². The summed E-state index contributed by atoms with van der Waals surface area (Å²) in [7, 11) is 1.19. The van der Waals surface area contributed by atoms with Gasteiger partial charge in [0.05, 0.1) is 0 Å². The molecule has 0 amide bonds. The molecule has 3 heteroatoms. The molecule has 0 unspecified atom stereocenters. The molecular weight excluding hydrogens is 123 g/mol. The van der Waals surface area contributed by atoms with Crippen molar-refractivity contribution in [3.63, 3.8) is 0 Å². The van der Waals surface area contributed by atoms with Crippen molar-refractivity contribution in [3.05, 3.63) is 0 Å². The zero-order valence-corrected chi connectivity index (χ0v) is 7.14. The first-order valence-corrected chi connectivity index (χ1v) is 4.31. The molecule has 0 bridgehead atoms. The number of rotatable bonds is 2. The van der Waals surface area contributed by atoms with Crippen LogP contribution in [0.4, 0.5) is 0 Å². The van der Waals surface area contributed by atoms with E-state index in [-0.39, 0.29) is 0 Å². The summed E-state index contributed by atoms with van der Waals surface area (Å²) in [6.45, 7) is 9.48. The van der Waals surface area contributed by atoms with Crippen LogP contribution in [0.2, 0.25) is 0 Å². The lowest BCUT2D eigenvalue weighted by Gasteiger charge is -2.32. The van der Waals surface area contributed by atoms with Crippen LogP contribution in [0.3, 0.4) is 0 Å². The predicted octanol–water partition coefficient (Wildman–Crippen LogP) is 0.300. The van der Waals surface area contributed by atoms with E-state index >= 15 is 0 Å². The first-order chi connectivity index (χ1) is 4.86. The highest BCUT2D eigenvalue weighted by Gasteiger charge is 2.15. The fourth-order valence-electron chi connectivity index (χ4n) is 1.46. The van der Waals surface area contributed by atoms with E-state index in [9.17, 15) is 0 Å². The van der Waals surface area contributed by atoms with Gasteiger partial charge in [0.1, 0.15) is 0 Å². The van der Waals surface area contributed by atoms with Crippen LogP contribution in [-0.4, -0.2) is 43.4 Å². The molecule has 0 saturated carbocycles. The third-order valence-corrected chi connectivity index (χ3v) is 2.24. The van der Waals surface area contributed by atoms with Crippen LogP contribution in [0.5, 0.6) is 0 Å². The second-order valence-electron chi connectivity index (χ2n) is 2.92. The van der Waals surface area contributed by atoms with Gasteiger partial charge in [-0.25, -0.2) is 0 Å². The van der Waals surface area contributed by atoms with E-state index in [1.54, 1.807) is 0 Å².